The molecule has 0 aliphatic carbocycles. The van der Waals surface area contributed by atoms with Crippen molar-refractivity contribution in [2.45, 2.75) is 31.0 Å². The summed E-state index contributed by atoms with van der Waals surface area (Å²) in [4.78, 5) is 2.50. The van der Waals surface area contributed by atoms with Gasteiger partial charge in [0, 0.05) is 19.6 Å². The van der Waals surface area contributed by atoms with Crippen LogP contribution < -0.4 is 11.3 Å². The van der Waals surface area contributed by atoms with Gasteiger partial charge in [0.2, 0.25) is 0 Å². The van der Waals surface area contributed by atoms with Crippen LogP contribution in [0.15, 0.2) is 4.60 Å². The van der Waals surface area contributed by atoms with E-state index in [1.165, 1.54) is 12.8 Å². The number of hydrogen-bond donors (Lipinski definition) is 2. The summed E-state index contributed by atoms with van der Waals surface area (Å²) in [6.07, 6.45) is 2.52. The first-order valence-electron chi connectivity index (χ1n) is 6.57. The van der Waals surface area contributed by atoms with Crippen molar-refractivity contribution in [1.29, 1.82) is 0 Å². The highest BCUT2D eigenvalue weighted by Gasteiger charge is 2.37. The van der Waals surface area contributed by atoms with Crippen LogP contribution in [0.25, 0.3) is 0 Å². The lowest BCUT2D eigenvalue weighted by Gasteiger charge is -2.38. The quantitative estimate of drug-likeness (QED) is 0.597. The second kappa shape index (κ2) is 5.45. The monoisotopic (exact) mass is 330 g/mol. The molecule has 3 rings (SSSR count). The number of nitrogens with zero attached hydrogens (tertiary/aromatic N) is 4. The largest absolute Gasteiger partial charge is 0.373 e. The topological polar surface area (TPSA) is 81.2 Å². The van der Waals surface area contributed by atoms with Gasteiger partial charge in [0.15, 0.2) is 4.60 Å². The van der Waals surface area contributed by atoms with Crippen molar-refractivity contribution in [3.05, 3.63) is 10.3 Å². The number of ether oxygens (including phenoxy) is 1. The van der Waals surface area contributed by atoms with Gasteiger partial charge in [0.05, 0.1) is 24.4 Å². The summed E-state index contributed by atoms with van der Waals surface area (Å²) in [6, 6.07) is 0.471. The predicted octanol–water partition coefficient (Wildman–Crippen LogP) is -0.0548. The van der Waals surface area contributed by atoms with Gasteiger partial charge in [-0.25, -0.2) is 10.1 Å². The van der Waals surface area contributed by atoms with Gasteiger partial charge in [0.25, 0.3) is 0 Å². The molecule has 7 nitrogen and oxygen atoms in total. The Balaban J connectivity index is 1.79. The van der Waals surface area contributed by atoms with E-state index in [1.807, 2.05) is 7.05 Å². The minimum Gasteiger partial charge on any atom is -0.373 e. The van der Waals surface area contributed by atoms with Gasteiger partial charge < -0.3 is 4.74 Å². The van der Waals surface area contributed by atoms with Crippen molar-refractivity contribution in [3.63, 3.8) is 0 Å². The van der Waals surface area contributed by atoms with Gasteiger partial charge in [-0.1, -0.05) is 5.21 Å². The third-order valence-electron chi connectivity index (χ3n) is 4.09. The molecule has 1 aromatic heterocycles. The standard InChI is InChI=1S/C11H19BrN6O/c1-17-10(11(12)15-16-17)9(14-13)8-5-18-4-2-3-7(18)6-19-8/h7-9,14H,2-6,13H2,1H3. The summed E-state index contributed by atoms with van der Waals surface area (Å²) in [6.45, 7) is 2.84. The Hall–Kier alpha value is -0.540. The highest BCUT2D eigenvalue weighted by atomic mass is 79.9. The van der Waals surface area contributed by atoms with Gasteiger partial charge >= 0.3 is 0 Å². The Bertz CT molecular complexity index is 433. The minimum absolute atomic E-state index is 0.0212. The zero-order valence-corrected chi connectivity index (χ0v) is 12.5. The highest BCUT2D eigenvalue weighted by Crippen LogP contribution is 2.30. The van der Waals surface area contributed by atoms with Crippen LogP contribution in [0, 0.1) is 0 Å². The van der Waals surface area contributed by atoms with Gasteiger partial charge in [0.1, 0.15) is 0 Å². The zero-order valence-electron chi connectivity index (χ0n) is 10.9. The fourth-order valence-electron chi connectivity index (χ4n) is 3.08. The molecule has 3 N–H and O–H groups in total. The minimum atomic E-state index is -0.115. The summed E-state index contributed by atoms with van der Waals surface area (Å²) in [7, 11) is 1.86. The van der Waals surface area contributed by atoms with Crippen LogP contribution in [0.2, 0.25) is 0 Å². The molecule has 106 valence electrons. The third-order valence-corrected chi connectivity index (χ3v) is 4.65. The Labute approximate surface area is 120 Å². The first-order valence-corrected chi connectivity index (χ1v) is 7.37. The molecule has 2 saturated heterocycles. The maximum atomic E-state index is 6.00. The molecule has 3 atom stereocenters. The first kappa shape index (κ1) is 13.4. The van der Waals surface area contributed by atoms with Crippen LogP contribution in [0.4, 0.5) is 0 Å². The number of rotatable bonds is 3. The third kappa shape index (κ3) is 2.43. The normalized spacial score (nSPS) is 29.4. The molecule has 2 fully saturated rings. The van der Waals surface area contributed by atoms with E-state index < -0.39 is 0 Å². The molecule has 0 amide bonds. The van der Waals surface area contributed by atoms with Crippen molar-refractivity contribution in [2.75, 3.05) is 19.7 Å². The maximum Gasteiger partial charge on any atom is 0.153 e. The SMILES string of the molecule is Cn1nnc(Br)c1C(NN)C1CN2CCCC2CO1. The van der Waals surface area contributed by atoms with E-state index in [1.54, 1.807) is 4.68 Å². The van der Waals surface area contributed by atoms with Crippen LogP contribution in [0.1, 0.15) is 24.6 Å². The molecule has 0 spiro atoms. The summed E-state index contributed by atoms with van der Waals surface area (Å²) >= 11 is 3.42. The second-order valence-corrected chi connectivity index (χ2v) is 5.95. The lowest BCUT2D eigenvalue weighted by Crippen LogP contribution is -2.52. The number of nitrogens with one attached hydrogen (secondary N) is 1. The fraction of sp³-hybridized carbons (Fsp3) is 0.818. The molecule has 8 heteroatoms. The number of aryl methyl sites for hydroxylation is 1. The Morgan fingerprint density at radius 1 is 1.58 bits per heavy atom. The molecule has 3 unspecified atom stereocenters. The van der Waals surface area contributed by atoms with Crippen molar-refractivity contribution in [2.24, 2.45) is 12.9 Å². The van der Waals surface area contributed by atoms with Crippen molar-refractivity contribution >= 4 is 15.9 Å². The van der Waals surface area contributed by atoms with E-state index in [0.717, 1.165) is 25.4 Å². The summed E-state index contributed by atoms with van der Waals surface area (Å²) < 4.78 is 8.45. The predicted molar refractivity (Wildman–Crippen MR) is 73.1 cm³/mol. The van der Waals surface area contributed by atoms with Crippen LogP contribution in [0.5, 0.6) is 0 Å². The van der Waals surface area contributed by atoms with Crippen LogP contribution >= 0.6 is 15.9 Å². The van der Waals surface area contributed by atoms with E-state index in [4.69, 9.17) is 10.6 Å². The molecule has 19 heavy (non-hydrogen) atoms. The van der Waals surface area contributed by atoms with E-state index in [9.17, 15) is 0 Å². The molecule has 0 bridgehead atoms. The first-order chi connectivity index (χ1) is 9.20. The number of morpholine rings is 1. The lowest BCUT2D eigenvalue weighted by molar-refractivity contribution is -0.0665. The molecule has 0 aromatic carbocycles. The molecular weight excluding hydrogens is 312 g/mol. The van der Waals surface area contributed by atoms with Crippen molar-refractivity contribution in [3.8, 4) is 0 Å². The van der Waals surface area contributed by atoms with E-state index in [2.05, 4.69) is 36.6 Å². The average molecular weight is 331 g/mol. The van der Waals surface area contributed by atoms with Crippen LogP contribution in [-0.2, 0) is 11.8 Å². The Morgan fingerprint density at radius 3 is 3.11 bits per heavy atom. The van der Waals surface area contributed by atoms with Crippen LogP contribution in [0.3, 0.4) is 0 Å². The zero-order chi connectivity index (χ0) is 13.4. The average Bonchev–Trinajstić information content (AvgIpc) is 3.00. The Morgan fingerprint density at radius 2 is 2.42 bits per heavy atom. The highest BCUT2D eigenvalue weighted by molar-refractivity contribution is 9.10. The number of aromatic nitrogens is 3. The number of hydrogen-bond acceptors (Lipinski definition) is 6. The van der Waals surface area contributed by atoms with Gasteiger partial charge in [-0.3, -0.25) is 10.7 Å². The number of fused-ring (bicyclic) bond motifs is 1. The Kier molecular flexibility index (Phi) is 3.86. The summed E-state index contributed by atoms with van der Waals surface area (Å²) in [5.41, 5.74) is 3.77. The maximum absolute atomic E-state index is 6.00. The van der Waals surface area contributed by atoms with Gasteiger partial charge in [-0.2, -0.15) is 0 Å². The molecular formula is C11H19BrN6O. The molecule has 0 saturated carbocycles. The van der Waals surface area contributed by atoms with Crippen molar-refractivity contribution in [1.82, 2.24) is 25.3 Å². The molecule has 3 heterocycles. The molecule has 2 aliphatic rings. The summed E-state index contributed by atoms with van der Waals surface area (Å²) in [5.74, 6) is 5.73. The lowest BCUT2D eigenvalue weighted by atomic mass is 10.1. The molecule has 0 radical (unpaired) electrons. The van der Waals surface area contributed by atoms with Crippen LogP contribution in [-0.4, -0.2) is 51.7 Å². The molecule has 1 aromatic rings. The van der Waals surface area contributed by atoms with Crippen molar-refractivity contribution < 1.29 is 4.74 Å². The van der Waals surface area contributed by atoms with Gasteiger partial charge in [-0.15, -0.1) is 5.10 Å². The van der Waals surface area contributed by atoms with E-state index in [-0.39, 0.29) is 12.1 Å². The second-order valence-electron chi connectivity index (χ2n) is 5.20. The smallest absolute Gasteiger partial charge is 0.153 e. The van der Waals surface area contributed by atoms with E-state index >= 15 is 0 Å². The number of hydrazine groups is 1. The fourth-order valence-corrected chi connectivity index (χ4v) is 3.65. The number of halogens is 1. The van der Waals surface area contributed by atoms with E-state index in [0.29, 0.717) is 10.6 Å². The number of nitrogens with two attached hydrogens (primary N) is 1. The molecule has 2 aliphatic heterocycles. The van der Waals surface area contributed by atoms with Gasteiger partial charge in [-0.05, 0) is 35.3 Å². The summed E-state index contributed by atoms with van der Waals surface area (Å²) in [5, 5.41) is 8.01.